The Hall–Kier alpha value is -1.55. The molecule has 0 fully saturated rings. The first-order valence-corrected chi connectivity index (χ1v) is 7.48. The number of carbonyl (C=O) groups excluding carboxylic acids is 1. The molecule has 0 amide bonds. The third kappa shape index (κ3) is 4.74. The Bertz CT molecular complexity index is 523. The summed E-state index contributed by atoms with van der Waals surface area (Å²) in [4.78, 5) is 23.2. The van der Waals surface area contributed by atoms with Crippen LogP contribution in [0.2, 0.25) is 5.02 Å². The van der Waals surface area contributed by atoms with Crippen LogP contribution in [0.3, 0.4) is 0 Å². The third-order valence-electron chi connectivity index (χ3n) is 3.16. The van der Waals surface area contributed by atoms with Gasteiger partial charge in [0.1, 0.15) is 0 Å². The minimum atomic E-state index is -1.21. The maximum atomic E-state index is 11.8. The number of esters is 1. The van der Waals surface area contributed by atoms with Gasteiger partial charge < -0.3 is 9.84 Å². The number of aryl methyl sites for hydroxylation is 1. The van der Waals surface area contributed by atoms with E-state index in [1.54, 1.807) is 13.0 Å². The van der Waals surface area contributed by atoms with Crippen molar-refractivity contribution in [2.45, 2.75) is 40.0 Å². The van der Waals surface area contributed by atoms with E-state index < -0.39 is 11.9 Å². The average Bonchev–Trinajstić information content (AvgIpc) is 2.39. The van der Waals surface area contributed by atoms with Gasteiger partial charge in [-0.2, -0.15) is 0 Å². The molecule has 116 valence electrons. The van der Waals surface area contributed by atoms with Crippen LogP contribution in [-0.2, 0) is 11.2 Å². The van der Waals surface area contributed by atoms with E-state index in [0.717, 1.165) is 18.4 Å². The standard InChI is InChI=1S/C16H21ClO4/c1-4-21-16(20)12-9-8-11(7-5-6-10(2)3)14(17)13(12)15(18)19/h8-10H,4-7H2,1-3H3,(H,18,19). The highest BCUT2D eigenvalue weighted by Crippen LogP contribution is 2.27. The molecule has 0 radical (unpaired) electrons. The Morgan fingerprint density at radius 2 is 2.00 bits per heavy atom. The summed E-state index contributed by atoms with van der Waals surface area (Å²) < 4.78 is 4.87. The molecule has 0 spiro atoms. The number of carbonyl (C=O) groups is 2. The summed E-state index contributed by atoms with van der Waals surface area (Å²) in [5.74, 6) is -1.29. The van der Waals surface area contributed by atoms with E-state index in [-0.39, 0.29) is 22.8 Å². The number of rotatable bonds is 7. The fourth-order valence-corrected chi connectivity index (χ4v) is 2.44. The summed E-state index contributed by atoms with van der Waals surface area (Å²) in [5.41, 5.74) is 0.585. The van der Waals surface area contributed by atoms with Gasteiger partial charge in [0.15, 0.2) is 0 Å². The second-order valence-corrected chi connectivity index (χ2v) is 5.65. The second-order valence-electron chi connectivity index (χ2n) is 5.27. The molecule has 4 nitrogen and oxygen atoms in total. The van der Waals surface area contributed by atoms with Gasteiger partial charge in [-0.15, -0.1) is 0 Å². The first-order chi connectivity index (χ1) is 9.88. The maximum absolute atomic E-state index is 11.8. The highest BCUT2D eigenvalue weighted by Gasteiger charge is 2.22. The Morgan fingerprint density at radius 1 is 1.33 bits per heavy atom. The number of hydrogen-bond acceptors (Lipinski definition) is 3. The molecule has 0 aliphatic carbocycles. The van der Waals surface area contributed by atoms with Crippen molar-refractivity contribution in [3.05, 3.63) is 33.8 Å². The molecule has 1 rings (SSSR count). The molecule has 0 bridgehead atoms. The van der Waals surface area contributed by atoms with E-state index in [0.29, 0.717) is 12.3 Å². The Balaban J connectivity index is 3.08. The third-order valence-corrected chi connectivity index (χ3v) is 3.59. The van der Waals surface area contributed by atoms with Crippen LogP contribution in [0.4, 0.5) is 0 Å². The van der Waals surface area contributed by atoms with Gasteiger partial charge in [0.05, 0.1) is 22.8 Å². The SMILES string of the molecule is CCOC(=O)c1ccc(CCCC(C)C)c(Cl)c1C(=O)O. The molecule has 0 aliphatic rings. The van der Waals surface area contributed by atoms with Crippen LogP contribution in [-0.4, -0.2) is 23.7 Å². The second kappa shape index (κ2) is 8.03. The van der Waals surface area contributed by atoms with Gasteiger partial charge in [-0.1, -0.05) is 37.9 Å². The summed E-state index contributed by atoms with van der Waals surface area (Å²) in [5, 5.41) is 9.45. The van der Waals surface area contributed by atoms with E-state index in [1.165, 1.54) is 6.07 Å². The van der Waals surface area contributed by atoms with Crippen LogP contribution in [0.25, 0.3) is 0 Å². The number of halogens is 1. The predicted molar refractivity (Wildman–Crippen MR) is 82.1 cm³/mol. The number of carboxylic acids is 1. The van der Waals surface area contributed by atoms with Crippen LogP contribution < -0.4 is 0 Å². The lowest BCUT2D eigenvalue weighted by molar-refractivity contribution is 0.0514. The zero-order chi connectivity index (χ0) is 16.0. The number of aromatic carboxylic acids is 1. The summed E-state index contributed by atoms with van der Waals surface area (Å²) in [7, 11) is 0. The molecule has 1 aromatic rings. The van der Waals surface area contributed by atoms with Crippen molar-refractivity contribution in [3.8, 4) is 0 Å². The van der Waals surface area contributed by atoms with Crippen LogP contribution in [0.1, 0.15) is 59.9 Å². The minimum absolute atomic E-state index is 0.00181. The lowest BCUT2D eigenvalue weighted by Gasteiger charge is -2.12. The topological polar surface area (TPSA) is 63.6 Å². The zero-order valence-electron chi connectivity index (χ0n) is 12.6. The first-order valence-electron chi connectivity index (χ1n) is 7.10. The van der Waals surface area contributed by atoms with Gasteiger partial charge in [-0.3, -0.25) is 0 Å². The molecule has 1 aromatic carbocycles. The predicted octanol–water partition coefficient (Wildman–Crippen LogP) is 4.19. The van der Waals surface area contributed by atoms with Crippen molar-refractivity contribution in [2.24, 2.45) is 5.92 Å². The van der Waals surface area contributed by atoms with Gasteiger partial charge >= 0.3 is 11.9 Å². The molecule has 0 unspecified atom stereocenters. The van der Waals surface area contributed by atoms with E-state index >= 15 is 0 Å². The van der Waals surface area contributed by atoms with Gasteiger partial charge in [0.25, 0.3) is 0 Å². The largest absolute Gasteiger partial charge is 0.478 e. The van der Waals surface area contributed by atoms with Crippen molar-refractivity contribution in [1.82, 2.24) is 0 Å². The minimum Gasteiger partial charge on any atom is -0.478 e. The molecule has 0 atom stereocenters. The number of benzene rings is 1. The monoisotopic (exact) mass is 312 g/mol. The average molecular weight is 313 g/mol. The van der Waals surface area contributed by atoms with Crippen LogP contribution >= 0.6 is 11.6 Å². The smallest absolute Gasteiger partial charge is 0.339 e. The normalized spacial score (nSPS) is 10.7. The fraction of sp³-hybridized carbons (Fsp3) is 0.500. The number of carboxylic acid groups (broad SMARTS) is 1. The molecular formula is C16H21ClO4. The number of hydrogen-bond donors (Lipinski definition) is 1. The van der Waals surface area contributed by atoms with E-state index in [9.17, 15) is 14.7 Å². The quantitative estimate of drug-likeness (QED) is 0.767. The van der Waals surface area contributed by atoms with Crippen molar-refractivity contribution in [1.29, 1.82) is 0 Å². The Kier molecular flexibility index (Phi) is 6.69. The van der Waals surface area contributed by atoms with E-state index in [2.05, 4.69) is 13.8 Å². The lowest BCUT2D eigenvalue weighted by atomic mass is 9.98. The van der Waals surface area contributed by atoms with Crippen LogP contribution in [0.15, 0.2) is 12.1 Å². The maximum Gasteiger partial charge on any atom is 0.339 e. The molecule has 0 saturated heterocycles. The molecule has 0 aliphatic heterocycles. The fourth-order valence-electron chi connectivity index (χ4n) is 2.10. The molecule has 0 aromatic heterocycles. The van der Waals surface area contributed by atoms with Gasteiger partial charge in [-0.05, 0) is 37.3 Å². The van der Waals surface area contributed by atoms with Gasteiger partial charge in [-0.25, -0.2) is 9.59 Å². The van der Waals surface area contributed by atoms with Crippen molar-refractivity contribution in [2.75, 3.05) is 6.61 Å². The van der Waals surface area contributed by atoms with Gasteiger partial charge in [0.2, 0.25) is 0 Å². The summed E-state index contributed by atoms with van der Waals surface area (Å²) >= 11 is 6.18. The number of ether oxygens (including phenoxy) is 1. The lowest BCUT2D eigenvalue weighted by Crippen LogP contribution is -2.13. The molecular weight excluding hydrogens is 292 g/mol. The highest BCUT2D eigenvalue weighted by molar-refractivity contribution is 6.35. The van der Waals surface area contributed by atoms with Crippen molar-refractivity contribution in [3.63, 3.8) is 0 Å². The molecule has 0 heterocycles. The Morgan fingerprint density at radius 3 is 2.52 bits per heavy atom. The zero-order valence-corrected chi connectivity index (χ0v) is 13.4. The van der Waals surface area contributed by atoms with Gasteiger partial charge in [0, 0.05) is 0 Å². The summed E-state index contributed by atoms with van der Waals surface area (Å²) in [6.45, 7) is 6.12. The molecule has 5 heteroatoms. The summed E-state index contributed by atoms with van der Waals surface area (Å²) in [6.07, 6.45) is 2.66. The van der Waals surface area contributed by atoms with Crippen molar-refractivity contribution >= 4 is 23.5 Å². The van der Waals surface area contributed by atoms with Crippen LogP contribution in [0.5, 0.6) is 0 Å². The molecule has 21 heavy (non-hydrogen) atoms. The van der Waals surface area contributed by atoms with Crippen LogP contribution in [0, 0.1) is 5.92 Å². The molecule has 0 saturated carbocycles. The first kappa shape index (κ1) is 17.5. The summed E-state index contributed by atoms with van der Waals surface area (Å²) in [6, 6.07) is 3.19. The van der Waals surface area contributed by atoms with E-state index in [4.69, 9.17) is 16.3 Å². The Labute approximate surface area is 130 Å². The molecule has 1 N–H and O–H groups in total. The van der Waals surface area contributed by atoms with Crippen molar-refractivity contribution < 1.29 is 19.4 Å². The highest BCUT2D eigenvalue weighted by atomic mass is 35.5. The van der Waals surface area contributed by atoms with E-state index in [1.807, 2.05) is 0 Å².